The molecule has 0 bridgehead atoms. The second-order valence-electron chi connectivity index (χ2n) is 2.22. The first-order chi connectivity index (χ1) is 6.88. The Labute approximate surface area is 98.9 Å². The van der Waals surface area contributed by atoms with Gasteiger partial charge < -0.3 is 0 Å². The third-order valence-electron chi connectivity index (χ3n) is 1.01. The molecule has 0 aromatic carbocycles. The Morgan fingerprint density at radius 3 is 2.27 bits per heavy atom. The molecule has 1 aromatic rings. The Morgan fingerprint density at radius 2 is 1.87 bits per heavy atom. The molecule has 0 fully saturated rings. The first kappa shape index (κ1) is 14.4. The van der Waals surface area contributed by atoms with Crippen LogP contribution in [-0.2, 0) is 10.0 Å². The first-order valence-electron chi connectivity index (χ1n) is 4.04. The van der Waals surface area contributed by atoms with Gasteiger partial charge in [-0.3, -0.25) is 4.72 Å². The van der Waals surface area contributed by atoms with Crippen LogP contribution in [0.3, 0.4) is 0 Å². The maximum Gasteiger partial charge on any atom is 0.229 e. The van der Waals surface area contributed by atoms with E-state index >= 15 is 0 Å². The van der Waals surface area contributed by atoms with Crippen LogP contribution in [-0.4, -0.2) is 24.6 Å². The van der Waals surface area contributed by atoms with Gasteiger partial charge in [0.15, 0.2) is 5.15 Å². The number of halogens is 2. The van der Waals surface area contributed by atoms with Crippen LogP contribution < -0.4 is 4.72 Å². The molecule has 0 saturated carbocycles. The molecule has 0 aliphatic heterocycles. The molecule has 1 aromatic heterocycles. The summed E-state index contributed by atoms with van der Waals surface area (Å²) in [6.07, 6.45) is 2.19. The zero-order valence-electron chi connectivity index (χ0n) is 8.45. The molecule has 1 rings (SSSR count). The second-order valence-corrected chi connectivity index (χ2v) is 4.66. The fourth-order valence-electron chi connectivity index (χ4n) is 0.609. The molecule has 15 heavy (non-hydrogen) atoms. The minimum Gasteiger partial charge on any atom is -0.279 e. The Hall–Kier alpha value is -0.590. The zero-order valence-corrected chi connectivity index (χ0v) is 10.8. The average molecular weight is 272 g/mol. The Balaban J connectivity index is 0.000000921. The van der Waals surface area contributed by atoms with Gasteiger partial charge in [-0.1, -0.05) is 25.4 Å². The quantitative estimate of drug-likeness (QED) is 0.661. The first-order valence-corrected chi connectivity index (χ1v) is 6.69. The van der Waals surface area contributed by atoms with E-state index in [0.717, 1.165) is 6.26 Å². The van der Waals surface area contributed by atoms with Gasteiger partial charge >= 0.3 is 0 Å². The van der Waals surface area contributed by atoms with Crippen molar-refractivity contribution in [3.8, 4) is 0 Å². The van der Waals surface area contributed by atoms with E-state index in [1.54, 1.807) is 0 Å². The summed E-state index contributed by atoms with van der Waals surface area (Å²) in [6, 6.07) is 0. The fourth-order valence-corrected chi connectivity index (χ4v) is 1.57. The van der Waals surface area contributed by atoms with Crippen molar-refractivity contribution in [3.63, 3.8) is 0 Å². The summed E-state index contributed by atoms with van der Waals surface area (Å²) in [5, 5.41) is -0.0746. The maximum absolute atomic E-state index is 10.8. The number of sulfonamides is 1. The monoisotopic (exact) mass is 271 g/mol. The average Bonchev–Trinajstić information content (AvgIpc) is 2.12. The molecule has 86 valence electrons. The van der Waals surface area contributed by atoms with E-state index in [9.17, 15) is 8.42 Å². The van der Waals surface area contributed by atoms with E-state index in [0.29, 0.717) is 0 Å². The Bertz CT molecular complexity index is 422. The SMILES string of the molecule is CC.CS(=O)(=O)Nc1cnc(Cl)nc1Cl. The summed E-state index contributed by atoms with van der Waals surface area (Å²) in [5.74, 6) is 0. The maximum atomic E-state index is 10.8. The number of hydrogen-bond donors (Lipinski definition) is 1. The highest BCUT2D eigenvalue weighted by Crippen LogP contribution is 2.19. The second kappa shape index (κ2) is 6.09. The molecule has 1 heterocycles. The van der Waals surface area contributed by atoms with Gasteiger partial charge in [0.05, 0.1) is 12.5 Å². The van der Waals surface area contributed by atoms with Crippen molar-refractivity contribution in [1.82, 2.24) is 9.97 Å². The minimum absolute atomic E-state index is 0.0366. The molecule has 1 N–H and O–H groups in total. The lowest BCUT2D eigenvalue weighted by atomic mass is 10.6. The van der Waals surface area contributed by atoms with Crippen molar-refractivity contribution >= 4 is 38.9 Å². The van der Waals surface area contributed by atoms with E-state index in [1.807, 2.05) is 13.8 Å². The molecule has 0 saturated heterocycles. The minimum atomic E-state index is -3.37. The number of nitrogens with one attached hydrogen (secondary N) is 1. The lowest BCUT2D eigenvalue weighted by Gasteiger charge is -2.03. The number of nitrogens with zero attached hydrogens (tertiary/aromatic N) is 2. The van der Waals surface area contributed by atoms with Crippen LogP contribution in [0.5, 0.6) is 0 Å². The van der Waals surface area contributed by atoms with Crippen LogP contribution in [0.15, 0.2) is 6.20 Å². The van der Waals surface area contributed by atoms with Crippen molar-refractivity contribution in [2.24, 2.45) is 0 Å². The van der Waals surface area contributed by atoms with Crippen LogP contribution in [0.4, 0.5) is 5.69 Å². The third kappa shape index (κ3) is 5.76. The van der Waals surface area contributed by atoms with Crippen molar-refractivity contribution in [1.29, 1.82) is 0 Å². The molecular weight excluding hydrogens is 261 g/mol. The molecule has 0 amide bonds. The summed E-state index contributed by atoms with van der Waals surface area (Å²) in [4.78, 5) is 7.12. The number of aromatic nitrogens is 2. The number of rotatable bonds is 2. The van der Waals surface area contributed by atoms with Crippen molar-refractivity contribution in [2.45, 2.75) is 13.8 Å². The highest BCUT2D eigenvalue weighted by molar-refractivity contribution is 7.92. The fraction of sp³-hybridized carbons (Fsp3) is 0.429. The van der Waals surface area contributed by atoms with Gasteiger partial charge in [0.2, 0.25) is 15.3 Å². The van der Waals surface area contributed by atoms with E-state index in [1.165, 1.54) is 6.20 Å². The lowest BCUT2D eigenvalue weighted by molar-refractivity contribution is 0.606. The van der Waals surface area contributed by atoms with Gasteiger partial charge in [-0.15, -0.1) is 0 Å². The molecule has 5 nitrogen and oxygen atoms in total. The molecule has 0 spiro atoms. The molecule has 0 aliphatic rings. The van der Waals surface area contributed by atoms with Crippen molar-refractivity contribution < 1.29 is 8.42 Å². The molecule has 0 aliphatic carbocycles. The highest BCUT2D eigenvalue weighted by atomic mass is 35.5. The lowest BCUT2D eigenvalue weighted by Crippen LogP contribution is -2.10. The smallest absolute Gasteiger partial charge is 0.229 e. The summed E-state index contributed by atoms with van der Waals surface area (Å²) in [6.45, 7) is 4.00. The Morgan fingerprint density at radius 1 is 1.33 bits per heavy atom. The number of hydrogen-bond acceptors (Lipinski definition) is 4. The normalized spacial score (nSPS) is 10.2. The topological polar surface area (TPSA) is 72.0 Å². The van der Waals surface area contributed by atoms with E-state index in [4.69, 9.17) is 23.2 Å². The summed E-state index contributed by atoms with van der Waals surface area (Å²) in [5.41, 5.74) is 0.105. The van der Waals surface area contributed by atoms with Gasteiger partial charge in [-0.25, -0.2) is 18.4 Å². The van der Waals surface area contributed by atoms with Gasteiger partial charge in [0, 0.05) is 0 Å². The van der Waals surface area contributed by atoms with Crippen LogP contribution >= 0.6 is 23.2 Å². The van der Waals surface area contributed by atoms with Crippen LogP contribution in [0.25, 0.3) is 0 Å². The predicted molar refractivity (Wildman–Crippen MR) is 61.9 cm³/mol. The zero-order chi connectivity index (χ0) is 12.1. The standard InChI is InChI=1S/C5H5Cl2N3O2S.C2H6/c1-13(11,12)10-3-2-8-5(7)9-4(3)6;1-2/h2,10H,1H3;1-2H3. The van der Waals surface area contributed by atoms with Gasteiger partial charge in [-0.2, -0.15) is 0 Å². The summed E-state index contributed by atoms with van der Waals surface area (Å²) in [7, 11) is -3.37. The van der Waals surface area contributed by atoms with E-state index < -0.39 is 10.0 Å². The summed E-state index contributed by atoms with van der Waals surface area (Å²) >= 11 is 11.0. The molecule has 0 radical (unpaired) electrons. The summed E-state index contributed by atoms with van der Waals surface area (Å²) < 4.78 is 23.7. The largest absolute Gasteiger partial charge is 0.279 e. The molecular formula is C7H11Cl2N3O2S. The van der Waals surface area contributed by atoms with Crippen molar-refractivity contribution in [3.05, 3.63) is 16.6 Å². The molecule has 8 heteroatoms. The van der Waals surface area contributed by atoms with Crippen LogP contribution in [0.2, 0.25) is 10.4 Å². The van der Waals surface area contributed by atoms with Gasteiger partial charge in [0.1, 0.15) is 5.69 Å². The highest BCUT2D eigenvalue weighted by Gasteiger charge is 2.07. The van der Waals surface area contributed by atoms with Gasteiger partial charge in [0.25, 0.3) is 0 Å². The van der Waals surface area contributed by atoms with Gasteiger partial charge in [-0.05, 0) is 11.6 Å². The molecule has 0 unspecified atom stereocenters. The van der Waals surface area contributed by atoms with E-state index in [2.05, 4.69) is 14.7 Å². The predicted octanol–water partition coefficient (Wildman–Crippen LogP) is 2.18. The third-order valence-corrected chi connectivity index (χ3v) is 2.07. The van der Waals surface area contributed by atoms with Crippen LogP contribution in [0.1, 0.15) is 13.8 Å². The number of anilines is 1. The van der Waals surface area contributed by atoms with Crippen LogP contribution in [0, 0.1) is 0 Å². The molecule has 0 atom stereocenters. The van der Waals surface area contributed by atoms with Crippen molar-refractivity contribution in [2.75, 3.05) is 11.0 Å². The Kier molecular flexibility index (Phi) is 5.85. The van der Waals surface area contributed by atoms with E-state index in [-0.39, 0.29) is 16.1 Å².